The van der Waals surface area contributed by atoms with Gasteiger partial charge >= 0.3 is 0 Å². The Kier molecular flexibility index (Phi) is 7.48. The van der Waals surface area contributed by atoms with Crippen molar-refractivity contribution in [1.82, 2.24) is 19.5 Å². The topological polar surface area (TPSA) is 65.8 Å². The molecule has 0 spiro atoms. The van der Waals surface area contributed by atoms with Crippen LogP contribution in [0.25, 0.3) is 22.2 Å². The molecule has 0 bridgehead atoms. The van der Waals surface area contributed by atoms with Gasteiger partial charge in [-0.2, -0.15) is 5.10 Å². The van der Waals surface area contributed by atoms with Gasteiger partial charge in [0.15, 0.2) is 0 Å². The highest BCUT2D eigenvalue weighted by Gasteiger charge is 2.31. The number of nitrogens with zero attached hydrogens (tertiary/aromatic N) is 3. The predicted octanol–water partition coefficient (Wildman–Crippen LogP) is 6.78. The molecule has 0 unspecified atom stereocenters. The van der Waals surface area contributed by atoms with Crippen LogP contribution in [0, 0.1) is 0 Å². The summed E-state index contributed by atoms with van der Waals surface area (Å²) < 4.78 is 19.1. The summed E-state index contributed by atoms with van der Waals surface area (Å²) in [6.45, 7) is 10.2. The zero-order valence-electron chi connectivity index (χ0n) is 20.2. The first-order chi connectivity index (χ1) is 16.1. The molecule has 4 rings (SSSR count). The van der Waals surface area contributed by atoms with E-state index in [4.69, 9.17) is 5.10 Å². The van der Waals surface area contributed by atoms with Gasteiger partial charge in [-0.3, -0.25) is 4.68 Å². The van der Waals surface area contributed by atoms with Crippen LogP contribution in [0.3, 0.4) is 0 Å². The minimum atomic E-state index is -1.26. The standard InChI is InChI=1S/C27H31BrN4OS/c1-18(2)32-24-15-9-8-14-22(24)26(30-32)21-13-7-6-12-20(21)23(31-34(33)27(3,4)5)17-19-11-10-16-25(28)29-19/h6-16,18,23,31H,17H2,1-5H3/t23-,34-/m0/s1. The molecule has 2 aromatic carbocycles. The van der Waals surface area contributed by atoms with Crippen molar-refractivity contribution in [3.05, 3.63) is 82.6 Å². The molecule has 5 nitrogen and oxygen atoms in total. The van der Waals surface area contributed by atoms with E-state index in [1.54, 1.807) is 0 Å². The quantitative estimate of drug-likeness (QED) is 0.208. The fourth-order valence-electron chi connectivity index (χ4n) is 3.99. The maximum absolute atomic E-state index is 13.2. The largest absolute Gasteiger partial charge is 0.598 e. The van der Waals surface area contributed by atoms with Crippen LogP contribution in [0.2, 0.25) is 0 Å². The number of aromatic nitrogens is 3. The van der Waals surface area contributed by atoms with Crippen molar-refractivity contribution in [1.29, 1.82) is 0 Å². The molecule has 0 saturated carbocycles. The normalized spacial score (nSPS) is 14.0. The first-order valence-electron chi connectivity index (χ1n) is 11.5. The summed E-state index contributed by atoms with van der Waals surface area (Å²) in [5, 5.41) is 6.15. The van der Waals surface area contributed by atoms with Crippen molar-refractivity contribution < 1.29 is 4.55 Å². The molecule has 178 valence electrons. The van der Waals surface area contributed by atoms with Crippen molar-refractivity contribution in [3.8, 4) is 11.3 Å². The summed E-state index contributed by atoms with van der Waals surface area (Å²) in [5.41, 5.74) is 5.07. The molecular formula is C27H31BrN4OS. The zero-order chi connectivity index (χ0) is 24.5. The molecular weight excluding hydrogens is 508 g/mol. The van der Waals surface area contributed by atoms with Gasteiger partial charge in [-0.15, -0.1) is 4.72 Å². The Morgan fingerprint density at radius 3 is 2.41 bits per heavy atom. The fraction of sp³-hybridized carbons (Fsp3) is 0.333. The van der Waals surface area contributed by atoms with Crippen molar-refractivity contribution >= 4 is 38.2 Å². The molecule has 2 aromatic heterocycles. The van der Waals surface area contributed by atoms with Crippen molar-refractivity contribution in [3.63, 3.8) is 0 Å². The molecule has 0 saturated heterocycles. The number of rotatable bonds is 7. The van der Waals surface area contributed by atoms with Crippen LogP contribution in [-0.2, 0) is 17.8 Å². The summed E-state index contributed by atoms with van der Waals surface area (Å²) in [6, 6.07) is 22.6. The lowest BCUT2D eigenvalue weighted by Gasteiger charge is -2.29. The summed E-state index contributed by atoms with van der Waals surface area (Å²) in [7, 11) is 0. The maximum Gasteiger partial charge on any atom is 0.136 e. The molecule has 2 atom stereocenters. The van der Waals surface area contributed by atoms with Gasteiger partial charge in [0.2, 0.25) is 0 Å². The Bertz CT molecular complexity index is 1280. The maximum atomic E-state index is 13.2. The summed E-state index contributed by atoms with van der Waals surface area (Å²) in [4.78, 5) is 4.65. The van der Waals surface area contributed by atoms with Crippen LogP contribution >= 0.6 is 15.9 Å². The van der Waals surface area contributed by atoms with E-state index in [1.807, 2.05) is 57.2 Å². The monoisotopic (exact) mass is 538 g/mol. The van der Waals surface area contributed by atoms with Gasteiger partial charge in [0.1, 0.15) is 15.0 Å². The average Bonchev–Trinajstić information content (AvgIpc) is 3.18. The van der Waals surface area contributed by atoms with Crippen LogP contribution in [0.15, 0.2) is 71.3 Å². The highest BCUT2D eigenvalue weighted by atomic mass is 79.9. The van der Waals surface area contributed by atoms with E-state index in [2.05, 4.69) is 74.5 Å². The number of benzene rings is 2. The molecule has 0 aliphatic carbocycles. The molecule has 7 heteroatoms. The number of hydrogen-bond acceptors (Lipinski definition) is 4. The van der Waals surface area contributed by atoms with E-state index in [1.165, 1.54) is 0 Å². The minimum Gasteiger partial charge on any atom is -0.598 e. The van der Waals surface area contributed by atoms with E-state index < -0.39 is 16.1 Å². The third kappa shape index (κ3) is 5.38. The molecule has 0 aliphatic heterocycles. The molecule has 0 fully saturated rings. The molecule has 0 aliphatic rings. The summed E-state index contributed by atoms with van der Waals surface area (Å²) >= 11 is 2.23. The number of pyridine rings is 1. The Balaban J connectivity index is 1.85. The van der Waals surface area contributed by atoms with Crippen molar-refractivity contribution in [2.45, 2.75) is 57.9 Å². The third-order valence-electron chi connectivity index (χ3n) is 5.69. The molecule has 1 N–H and O–H groups in total. The van der Waals surface area contributed by atoms with Gasteiger partial charge in [-0.05, 0) is 74.3 Å². The number of fused-ring (bicyclic) bond motifs is 1. The zero-order valence-corrected chi connectivity index (χ0v) is 22.7. The predicted molar refractivity (Wildman–Crippen MR) is 145 cm³/mol. The molecule has 4 aromatic rings. The molecule has 2 heterocycles. The van der Waals surface area contributed by atoms with E-state index in [-0.39, 0.29) is 12.1 Å². The van der Waals surface area contributed by atoms with Crippen molar-refractivity contribution in [2.24, 2.45) is 0 Å². The highest BCUT2D eigenvalue weighted by Crippen LogP contribution is 2.35. The Morgan fingerprint density at radius 1 is 1.00 bits per heavy atom. The van der Waals surface area contributed by atoms with E-state index in [9.17, 15) is 4.55 Å². The number of hydrogen-bond donors (Lipinski definition) is 1. The first kappa shape index (κ1) is 24.9. The second-order valence-corrected chi connectivity index (χ2v) is 12.5. The lowest BCUT2D eigenvalue weighted by atomic mass is 9.94. The SMILES string of the molecule is CC(C)n1nc(-c2ccccc2[C@H](Cc2cccc(Br)n2)N[S@@+]([O-])C(C)(C)C)c2ccccc21. The van der Waals surface area contributed by atoms with E-state index in [0.717, 1.165) is 38.0 Å². The lowest BCUT2D eigenvalue weighted by Crippen LogP contribution is -2.42. The van der Waals surface area contributed by atoms with Gasteiger partial charge in [-0.1, -0.05) is 48.5 Å². The van der Waals surface area contributed by atoms with Gasteiger partial charge in [0, 0.05) is 40.5 Å². The second kappa shape index (κ2) is 10.2. The third-order valence-corrected chi connectivity index (χ3v) is 7.74. The van der Waals surface area contributed by atoms with Gasteiger partial charge < -0.3 is 4.55 Å². The van der Waals surface area contributed by atoms with Crippen molar-refractivity contribution in [2.75, 3.05) is 0 Å². The van der Waals surface area contributed by atoms with Gasteiger partial charge in [-0.25, -0.2) is 4.98 Å². The smallest absolute Gasteiger partial charge is 0.136 e. The number of para-hydroxylation sites is 1. The van der Waals surface area contributed by atoms with Gasteiger partial charge in [0.25, 0.3) is 0 Å². The fourth-order valence-corrected chi connectivity index (χ4v) is 5.20. The lowest BCUT2D eigenvalue weighted by molar-refractivity contribution is 0.520. The Morgan fingerprint density at radius 2 is 1.71 bits per heavy atom. The van der Waals surface area contributed by atoms with Crippen LogP contribution in [0.4, 0.5) is 0 Å². The van der Waals surface area contributed by atoms with E-state index in [0.29, 0.717) is 6.42 Å². The van der Waals surface area contributed by atoms with Crippen LogP contribution in [0.5, 0.6) is 0 Å². The number of nitrogens with one attached hydrogen (secondary N) is 1. The Hall–Kier alpha value is -2.19. The molecule has 0 amide bonds. The number of halogens is 1. The average molecular weight is 540 g/mol. The van der Waals surface area contributed by atoms with Gasteiger partial charge in [0.05, 0.1) is 11.6 Å². The summed E-state index contributed by atoms with van der Waals surface area (Å²) in [6.07, 6.45) is 0.598. The second-order valence-electron chi connectivity index (χ2n) is 9.70. The van der Waals surface area contributed by atoms with Crippen LogP contribution in [-0.4, -0.2) is 24.1 Å². The first-order valence-corrected chi connectivity index (χ1v) is 13.5. The molecule has 34 heavy (non-hydrogen) atoms. The van der Waals surface area contributed by atoms with Crippen LogP contribution < -0.4 is 4.72 Å². The van der Waals surface area contributed by atoms with Crippen LogP contribution in [0.1, 0.15) is 58.0 Å². The summed E-state index contributed by atoms with van der Waals surface area (Å²) in [5.74, 6) is 0. The minimum absolute atomic E-state index is 0.207. The Labute approximate surface area is 213 Å². The van der Waals surface area contributed by atoms with E-state index >= 15 is 0 Å². The molecule has 0 radical (unpaired) electrons. The highest BCUT2D eigenvalue weighted by molar-refractivity contribution is 9.10.